The van der Waals surface area contributed by atoms with Crippen LogP contribution in [0.4, 0.5) is 5.13 Å². The number of hydrogen-bond acceptors (Lipinski definition) is 10. The lowest BCUT2D eigenvalue weighted by Gasteiger charge is -2.52. The zero-order valence-corrected chi connectivity index (χ0v) is 17.4. The van der Waals surface area contributed by atoms with Crippen molar-refractivity contribution in [3.8, 4) is 0 Å². The number of carboxylic acids is 1. The summed E-state index contributed by atoms with van der Waals surface area (Å²) >= 11 is 8.41. The zero-order chi connectivity index (χ0) is 21.2. The number of fused-ring (bicyclic) bond motifs is 1. The third-order valence-corrected chi connectivity index (χ3v) is 7.07. The number of nitrogen functional groups attached to an aromatic ring is 1. The quantitative estimate of drug-likeness (QED) is 0.127. The smallest absolute Gasteiger partial charge is 0.327 e. The summed E-state index contributed by atoms with van der Waals surface area (Å²) in [4.78, 5) is 45.5. The number of anilines is 1. The van der Waals surface area contributed by atoms with Crippen molar-refractivity contribution in [2.24, 2.45) is 10.9 Å². The number of nitrogens with two attached hydrogens (primary N) is 2. The summed E-state index contributed by atoms with van der Waals surface area (Å²) in [5, 5.41) is 17.1. The summed E-state index contributed by atoms with van der Waals surface area (Å²) in [5.41, 5.74) is 11.1. The number of β-lactam (4-membered cyclic amide) rings is 1. The number of hydrogen-bond donors (Lipinski definition) is 4. The molecule has 2 saturated heterocycles. The topological polar surface area (TPSA) is 173 Å². The Labute approximate surface area is 178 Å². The highest BCUT2D eigenvalue weighted by Gasteiger charge is 2.57. The second-order valence-corrected chi connectivity index (χ2v) is 9.09. The van der Waals surface area contributed by atoms with Crippen molar-refractivity contribution in [3.05, 3.63) is 11.1 Å². The third kappa shape index (κ3) is 4.42. The first-order chi connectivity index (χ1) is 13.8. The Morgan fingerprint density at radius 3 is 2.93 bits per heavy atom. The third-order valence-electron chi connectivity index (χ3n) is 4.29. The van der Waals surface area contributed by atoms with E-state index in [-0.39, 0.29) is 35.4 Å². The van der Waals surface area contributed by atoms with Crippen molar-refractivity contribution in [1.82, 2.24) is 15.2 Å². The van der Waals surface area contributed by atoms with Crippen LogP contribution < -0.4 is 16.8 Å². The number of nitrogens with zero attached hydrogens (tertiary/aromatic N) is 3. The van der Waals surface area contributed by atoms with Crippen LogP contribution in [-0.4, -0.2) is 80.2 Å². The summed E-state index contributed by atoms with van der Waals surface area (Å²) in [6.45, 7) is 0.497. The normalized spacial score (nSPS) is 26.5. The van der Waals surface area contributed by atoms with E-state index in [9.17, 15) is 19.5 Å². The highest BCUT2D eigenvalue weighted by molar-refractivity contribution is 8.00. The predicted molar refractivity (Wildman–Crippen MR) is 109 cm³/mol. The first kappa shape index (κ1) is 21.6. The Bertz CT molecular complexity index is 851. The second kappa shape index (κ2) is 8.73. The lowest BCUT2D eigenvalue weighted by Crippen LogP contribution is -2.74. The molecule has 11 nitrogen and oxygen atoms in total. The van der Waals surface area contributed by atoms with E-state index in [0.717, 1.165) is 11.3 Å². The van der Waals surface area contributed by atoms with Gasteiger partial charge in [0, 0.05) is 11.1 Å². The summed E-state index contributed by atoms with van der Waals surface area (Å²) in [6, 6.07) is -0.826. The van der Waals surface area contributed by atoms with Crippen LogP contribution >= 0.6 is 34.7 Å². The lowest BCUT2D eigenvalue weighted by molar-refractivity contribution is -0.151. The number of thioether (sulfide) groups is 1. The molecule has 3 heterocycles. The van der Waals surface area contributed by atoms with Gasteiger partial charge in [0.2, 0.25) is 5.91 Å². The van der Waals surface area contributed by atoms with Crippen LogP contribution in [0.3, 0.4) is 0 Å². The number of oxime groups is 1. The number of halogens is 1. The van der Waals surface area contributed by atoms with Crippen LogP contribution in [0.15, 0.2) is 10.5 Å². The number of aromatic nitrogens is 1. The molecule has 2 aliphatic heterocycles. The molecule has 0 radical (unpaired) electrons. The van der Waals surface area contributed by atoms with Gasteiger partial charge in [-0.1, -0.05) is 5.16 Å². The first-order valence-corrected chi connectivity index (χ1v) is 10.8. The van der Waals surface area contributed by atoms with Crippen molar-refractivity contribution in [2.75, 3.05) is 31.2 Å². The number of alkyl halides is 1. The van der Waals surface area contributed by atoms with Crippen molar-refractivity contribution in [3.63, 3.8) is 0 Å². The maximum atomic E-state index is 12.8. The largest absolute Gasteiger partial charge is 0.480 e. The summed E-state index contributed by atoms with van der Waals surface area (Å²) in [7, 11) is 0. The van der Waals surface area contributed by atoms with E-state index in [1.807, 2.05) is 0 Å². The maximum Gasteiger partial charge on any atom is 0.327 e. The van der Waals surface area contributed by atoms with Crippen LogP contribution in [0, 0.1) is 0 Å². The molecule has 14 heteroatoms. The predicted octanol–water partition coefficient (Wildman–Crippen LogP) is -0.743. The number of thiazole rings is 1. The maximum absolute atomic E-state index is 12.8. The van der Waals surface area contributed by atoms with E-state index in [0.29, 0.717) is 13.0 Å². The minimum absolute atomic E-state index is 0.108. The second-order valence-electron chi connectivity index (χ2n) is 6.38. The average molecular weight is 463 g/mol. The molecule has 0 bridgehead atoms. The molecule has 29 heavy (non-hydrogen) atoms. The van der Waals surface area contributed by atoms with Gasteiger partial charge in [0.05, 0.1) is 6.54 Å². The zero-order valence-electron chi connectivity index (χ0n) is 15.0. The molecule has 1 aromatic heterocycles. The minimum Gasteiger partial charge on any atom is -0.480 e. The van der Waals surface area contributed by atoms with Gasteiger partial charge in [-0.05, 0) is 13.0 Å². The van der Waals surface area contributed by atoms with Gasteiger partial charge in [0.25, 0.3) is 5.91 Å². The molecule has 2 amide bonds. The van der Waals surface area contributed by atoms with Crippen LogP contribution in [0.5, 0.6) is 0 Å². The standard InChI is InChI=1S/C15H19ClN6O5S2/c16-15(13(25)26)5-22-11(24)9(12(22)29-6-15)20-10(23)8(21-27-3-1-2-17)7-4-28-14(18)19-7/h4,9,12H,1-3,5-6,17H2,(H2,18,19)(H,20,23)(H,25,26)/t9?,12-,15?/m1/s1. The van der Waals surface area contributed by atoms with Gasteiger partial charge in [-0.3, -0.25) is 14.4 Å². The molecule has 1 aromatic rings. The van der Waals surface area contributed by atoms with Crippen molar-refractivity contribution in [2.45, 2.75) is 22.7 Å². The molecule has 2 unspecified atom stereocenters. The monoisotopic (exact) mass is 462 g/mol. The number of carbonyl (C=O) groups excluding carboxylic acids is 2. The van der Waals surface area contributed by atoms with E-state index in [1.165, 1.54) is 16.7 Å². The molecule has 3 atom stereocenters. The van der Waals surface area contributed by atoms with Gasteiger partial charge in [-0.25, -0.2) is 4.98 Å². The molecular formula is C15H19ClN6O5S2. The van der Waals surface area contributed by atoms with Gasteiger partial charge >= 0.3 is 5.97 Å². The van der Waals surface area contributed by atoms with Crippen molar-refractivity contribution in [1.29, 1.82) is 0 Å². The summed E-state index contributed by atoms with van der Waals surface area (Å²) < 4.78 is 0. The van der Waals surface area contributed by atoms with E-state index in [1.54, 1.807) is 5.38 Å². The van der Waals surface area contributed by atoms with Crippen LogP contribution in [0.2, 0.25) is 0 Å². The molecule has 0 spiro atoms. The highest BCUT2D eigenvalue weighted by atomic mass is 35.5. The van der Waals surface area contributed by atoms with E-state index < -0.39 is 34.1 Å². The number of rotatable bonds is 8. The van der Waals surface area contributed by atoms with Gasteiger partial charge in [-0.2, -0.15) is 0 Å². The minimum atomic E-state index is -1.53. The number of carbonyl (C=O) groups is 3. The fourth-order valence-corrected chi connectivity index (χ4v) is 4.99. The van der Waals surface area contributed by atoms with Crippen molar-refractivity contribution < 1.29 is 24.3 Å². The number of aliphatic carboxylic acids is 1. The lowest BCUT2D eigenvalue weighted by atomic mass is 10.0. The van der Waals surface area contributed by atoms with Crippen LogP contribution in [-0.2, 0) is 19.2 Å². The Morgan fingerprint density at radius 2 is 2.31 bits per heavy atom. The van der Waals surface area contributed by atoms with E-state index in [4.69, 9.17) is 27.9 Å². The molecule has 2 aliphatic rings. The Kier molecular flexibility index (Phi) is 6.51. The molecule has 0 saturated carbocycles. The fourth-order valence-electron chi connectivity index (χ4n) is 2.74. The number of amides is 2. The van der Waals surface area contributed by atoms with Gasteiger partial charge in [0.1, 0.15) is 23.7 Å². The van der Waals surface area contributed by atoms with Gasteiger partial charge in [-0.15, -0.1) is 34.7 Å². The fraction of sp³-hybridized carbons (Fsp3) is 0.533. The Hall–Kier alpha value is -2.09. The Morgan fingerprint density at radius 1 is 1.55 bits per heavy atom. The SMILES string of the molecule is NCCCON=C(C(=O)NC1C(=O)N2CC(Cl)(C(=O)O)CS[C@H]12)c1csc(N)n1. The highest BCUT2D eigenvalue weighted by Crippen LogP contribution is 2.41. The number of nitrogens with one attached hydrogen (secondary N) is 1. The molecular weight excluding hydrogens is 444 g/mol. The first-order valence-electron chi connectivity index (χ1n) is 8.53. The Balaban J connectivity index is 1.69. The molecule has 6 N–H and O–H groups in total. The van der Waals surface area contributed by atoms with E-state index >= 15 is 0 Å². The van der Waals surface area contributed by atoms with E-state index in [2.05, 4.69) is 15.5 Å². The van der Waals surface area contributed by atoms with Crippen LogP contribution in [0.1, 0.15) is 12.1 Å². The summed E-state index contributed by atoms with van der Waals surface area (Å²) in [6.07, 6.45) is 0.552. The molecule has 3 rings (SSSR count). The van der Waals surface area contributed by atoms with Gasteiger partial charge in [0.15, 0.2) is 15.7 Å². The molecule has 0 aliphatic carbocycles. The number of carboxylic acid groups (broad SMARTS) is 1. The average Bonchev–Trinajstić information content (AvgIpc) is 3.11. The summed E-state index contributed by atoms with van der Waals surface area (Å²) in [5.74, 6) is -2.14. The molecule has 2 fully saturated rings. The van der Waals surface area contributed by atoms with Crippen molar-refractivity contribution >= 4 is 63.3 Å². The molecule has 0 aromatic carbocycles. The van der Waals surface area contributed by atoms with Gasteiger partial charge < -0.3 is 31.6 Å². The van der Waals surface area contributed by atoms with Crippen LogP contribution in [0.25, 0.3) is 0 Å². The molecule has 158 valence electrons.